The number of alkyl halides is 3. The smallest absolute Gasteiger partial charge is 0.491 e. The Bertz CT molecular complexity index is 998. The van der Waals surface area contributed by atoms with E-state index in [1.807, 2.05) is 13.8 Å². The minimum Gasteiger partial charge on any atom is -0.491 e. The molecule has 0 spiro atoms. The maximum Gasteiger partial charge on any atom is 0.573 e. The SMILES string of the molecule is CC(C)Oc1ccc(C2=C(Nc3cccc(OC(F)(F)F)c3)C(=O)N(C)C2=O)cc1. The molecule has 0 aromatic heterocycles. The van der Waals surface area contributed by atoms with Crippen LogP contribution in [0.4, 0.5) is 18.9 Å². The lowest BCUT2D eigenvalue weighted by atomic mass is 10.0. The van der Waals surface area contributed by atoms with Gasteiger partial charge in [-0.25, -0.2) is 0 Å². The van der Waals surface area contributed by atoms with Gasteiger partial charge in [-0.15, -0.1) is 13.2 Å². The fraction of sp³-hybridized carbons (Fsp3) is 0.238. The predicted octanol–water partition coefficient (Wildman–Crippen LogP) is 4.19. The van der Waals surface area contributed by atoms with E-state index in [0.717, 1.165) is 17.0 Å². The zero-order valence-corrected chi connectivity index (χ0v) is 16.4. The molecule has 30 heavy (non-hydrogen) atoms. The molecule has 0 saturated heterocycles. The molecule has 0 aliphatic carbocycles. The van der Waals surface area contributed by atoms with Crippen LogP contribution in [-0.4, -0.2) is 36.2 Å². The predicted molar refractivity (Wildman–Crippen MR) is 104 cm³/mol. The number of amides is 2. The number of carbonyl (C=O) groups is 2. The lowest BCUT2D eigenvalue weighted by molar-refractivity contribution is -0.274. The quantitative estimate of drug-likeness (QED) is 0.710. The van der Waals surface area contributed by atoms with Gasteiger partial charge < -0.3 is 14.8 Å². The van der Waals surface area contributed by atoms with E-state index in [1.165, 1.54) is 19.2 Å². The number of imide groups is 1. The third kappa shape index (κ3) is 4.73. The van der Waals surface area contributed by atoms with Crippen molar-refractivity contribution in [1.29, 1.82) is 0 Å². The minimum absolute atomic E-state index is 0.0284. The Kier molecular flexibility index (Phi) is 5.73. The fourth-order valence-corrected chi connectivity index (χ4v) is 2.91. The van der Waals surface area contributed by atoms with E-state index >= 15 is 0 Å². The number of rotatable bonds is 6. The lowest BCUT2D eigenvalue weighted by Gasteiger charge is -2.12. The second-order valence-corrected chi connectivity index (χ2v) is 6.81. The molecule has 1 N–H and O–H groups in total. The summed E-state index contributed by atoms with van der Waals surface area (Å²) in [4.78, 5) is 26.2. The summed E-state index contributed by atoms with van der Waals surface area (Å²) in [6.07, 6.45) is -4.87. The highest BCUT2D eigenvalue weighted by Gasteiger charge is 2.37. The molecule has 1 heterocycles. The zero-order valence-electron chi connectivity index (χ0n) is 16.4. The number of nitrogens with zero attached hydrogens (tertiary/aromatic N) is 1. The first-order chi connectivity index (χ1) is 14.0. The van der Waals surface area contributed by atoms with E-state index in [0.29, 0.717) is 11.3 Å². The molecule has 1 aliphatic rings. The number of hydrogen-bond donors (Lipinski definition) is 1. The summed E-state index contributed by atoms with van der Waals surface area (Å²) in [5.74, 6) is -0.969. The molecule has 1 aliphatic heterocycles. The van der Waals surface area contributed by atoms with Gasteiger partial charge >= 0.3 is 6.36 Å². The van der Waals surface area contributed by atoms with Gasteiger partial charge in [-0.3, -0.25) is 14.5 Å². The molecule has 2 aromatic carbocycles. The van der Waals surface area contributed by atoms with Crippen LogP contribution in [0.3, 0.4) is 0 Å². The summed E-state index contributed by atoms with van der Waals surface area (Å²) in [6.45, 7) is 3.76. The summed E-state index contributed by atoms with van der Waals surface area (Å²) in [7, 11) is 1.33. The Morgan fingerprint density at radius 1 is 0.967 bits per heavy atom. The van der Waals surface area contributed by atoms with Crippen molar-refractivity contribution in [3.05, 3.63) is 59.8 Å². The number of halogens is 3. The second-order valence-electron chi connectivity index (χ2n) is 6.81. The van der Waals surface area contributed by atoms with Crippen molar-refractivity contribution in [1.82, 2.24) is 4.90 Å². The average Bonchev–Trinajstić information content (AvgIpc) is 2.85. The largest absolute Gasteiger partial charge is 0.573 e. The normalized spacial score (nSPS) is 14.6. The van der Waals surface area contributed by atoms with E-state index in [9.17, 15) is 22.8 Å². The molecular formula is C21H19F3N2O4. The maximum absolute atomic E-state index is 12.6. The van der Waals surface area contributed by atoms with Crippen molar-refractivity contribution in [3.8, 4) is 11.5 Å². The van der Waals surface area contributed by atoms with Crippen molar-refractivity contribution in [3.63, 3.8) is 0 Å². The molecule has 158 valence electrons. The number of hydrogen-bond acceptors (Lipinski definition) is 5. The first-order valence-corrected chi connectivity index (χ1v) is 9.02. The van der Waals surface area contributed by atoms with Crippen LogP contribution >= 0.6 is 0 Å². The van der Waals surface area contributed by atoms with E-state index in [4.69, 9.17) is 4.74 Å². The fourth-order valence-electron chi connectivity index (χ4n) is 2.91. The van der Waals surface area contributed by atoms with Gasteiger partial charge in [-0.1, -0.05) is 18.2 Å². The lowest BCUT2D eigenvalue weighted by Crippen LogP contribution is -2.27. The van der Waals surface area contributed by atoms with Crippen LogP contribution in [0.5, 0.6) is 11.5 Å². The number of carbonyl (C=O) groups excluding carboxylic acids is 2. The highest BCUT2D eigenvalue weighted by molar-refractivity contribution is 6.36. The molecule has 0 unspecified atom stereocenters. The van der Waals surface area contributed by atoms with Gasteiger partial charge in [0, 0.05) is 18.8 Å². The zero-order chi connectivity index (χ0) is 22.1. The summed E-state index contributed by atoms with van der Waals surface area (Å²) in [5, 5.41) is 2.76. The molecule has 9 heteroatoms. The molecule has 0 fully saturated rings. The van der Waals surface area contributed by atoms with E-state index < -0.39 is 23.9 Å². The highest BCUT2D eigenvalue weighted by Crippen LogP contribution is 2.32. The second kappa shape index (κ2) is 8.10. The molecule has 0 bridgehead atoms. The van der Waals surface area contributed by atoms with Gasteiger partial charge in [0.1, 0.15) is 17.2 Å². The van der Waals surface area contributed by atoms with Gasteiger partial charge in [-0.2, -0.15) is 0 Å². The van der Waals surface area contributed by atoms with Crippen molar-refractivity contribution in [2.75, 3.05) is 12.4 Å². The van der Waals surface area contributed by atoms with Gasteiger partial charge in [0.25, 0.3) is 11.8 Å². The summed E-state index contributed by atoms with van der Waals surface area (Å²) >= 11 is 0. The van der Waals surface area contributed by atoms with E-state index in [1.54, 1.807) is 24.3 Å². The number of benzene rings is 2. The standard InChI is InChI=1S/C21H19F3N2O4/c1-12(2)29-15-9-7-13(8-10-15)17-18(20(28)26(3)19(17)27)25-14-5-4-6-16(11-14)30-21(22,23)24/h4-12,25H,1-3H3. The Morgan fingerprint density at radius 2 is 1.63 bits per heavy atom. The van der Waals surface area contributed by atoms with Gasteiger partial charge in [0.15, 0.2) is 0 Å². The molecule has 0 radical (unpaired) electrons. The molecule has 0 saturated carbocycles. The molecular weight excluding hydrogens is 401 g/mol. The number of likely N-dealkylation sites (N-methyl/N-ethyl adjacent to an activating group) is 1. The van der Waals surface area contributed by atoms with Gasteiger partial charge in [0.05, 0.1) is 11.7 Å². The van der Waals surface area contributed by atoms with Crippen LogP contribution in [0.2, 0.25) is 0 Å². The Balaban J connectivity index is 1.95. The van der Waals surface area contributed by atoms with Crippen LogP contribution in [0.15, 0.2) is 54.2 Å². The first-order valence-electron chi connectivity index (χ1n) is 9.02. The molecule has 2 amide bonds. The van der Waals surface area contributed by atoms with Crippen molar-refractivity contribution in [2.24, 2.45) is 0 Å². The van der Waals surface area contributed by atoms with Crippen molar-refractivity contribution >= 4 is 23.1 Å². The first kappa shape index (κ1) is 21.2. The van der Waals surface area contributed by atoms with Crippen molar-refractivity contribution < 1.29 is 32.2 Å². The minimum atomic E-state index is -4.85. The van der Waals surface area contributed by atoms with E-state index in [-0.39, 0.29) is 23.1 Å². The van der Waals surface area contributed by atoms with Crippen LogP contribution in [-0.2, 0) is 9.59 Å². The Labute approximate surface area is 170 Å². The van der Waals surface area contributed by atoms with Crippen molar-refractivity contribution in [2.45, 2.75) is 26.3 Å². The molecule has 3 rings (SSSR count). The Morgan fingerprint density at radius 3 is 2.23 bits per heavy atom. The molecule has 0 atom stereocenters. The monoisotopic (exact) mass is 420 g/mol. The van der Waals surface area contributed by atoms with Crippen LogP contribution in [0.25, 0.3) is 5.57 Å². The highest BCUT2D eigenvalue weighted by atomic mass is 19.4. The summed E-state index contributed by atoms with van der Waals surface area (Å²) in [6, 6.07) is 11.7. The third-order valence-corrected chi connectivity index (χ3v) is 4.14. The van der Waals surface area contributed by atoms with E-state index in [2.05, 4.69) is 10.1 Å². The molecule has 2 aromatic rings. The summed E-state index contributed by atoms with van der Waals surface area (Å²) in [5.41, 5.74) is 0.712. The Hall–Kier alpha value is -3.49. The topological polar surface area (TPSA) is 67.9 Å². The van der Waals surface area contributed by atoms with Gasteiger partial charge in [-0.05, 0) is 43.7 Å². The maximum atomic E-state index is 12.6. The van der Waals surface area contributed by atoms with Gasteiger partial charge in [0.2, 0.25) is 0 Å². The van der Waals surface area contributed by atoms with Crippen LogP contribution in [0, 0.1) is 0 Å². The van der Waals surface area contributed by atoms with Crippen LogP contribution in [0.1, 0.15) is 19.4 Å². The molecule has 6 nitrogen and oxygen atoms in total. The number of ether oxygens (including phenoxy) is 2. The average molecular weight is 420 g/mol. The summed E-state index contributed by atoms with van der Waals surface area (Å²) < 4.78 is 46.9. The number of nitrogens with one attached hydrogen (secondary N) is 1. The number of anilines is 1. The third-order valence-electron chi connectivity index (χ3n) is 4.14. The van der Waals surface area contributed by atoms with Crippen LogP contribution < -0.4 is 14.8 Å².